The summed E-state index contributed by atoms with van der Waals surface area (Å²) in [5.41, 5.74) is -6.44. The second kappa shape index (κ2) is 14.3. The van der Waals surface area contributed by atoms with Crippen LogP contribution in [0.2, 0.25) is 0 Å². The molecule has 0 fully saturated rings. The third kappa shape index (κ3) is 5.71. The molecular formula is C60H38N2S. The van der Waals surface area contributed by atoms with Crippen molar-refractivity contribution >= 4 is 75.1 Å². The fraction of sp³-hybridized carbons (Fsp3) is 0. The van der Waals surface area contributed by atoms with Gasteiger partial charge in [0.05, 0.1) is 74.9 Å². The Morgan fingerprint density at radius 2 is 0.952 bits per heavy atom. The molecule has 0 N–H and O–H groups in total. The molecule has 10 aromatic carbocycles. The Kier molecular flexibility index (Phi) is 3.80. The molecule has 294 valence electrons. The van der Waals surface area contributed by atoms with E-state index in [2.05, 4.69) is 0 Å². The molecule has 0 bridgehead atoms. The highest BCUT2D eigenvalue weighted by Crippen LogP contribution is 2.45. The molecule has 0 aliphatic rings. The van der Waals surface area contributed by atoms with Gasteiger partial charge >= 0.3 is 0 Å². The van der Waals surface area contributed by atoms with Crippen LogP contribution in [0.1, 0.15) is 42.5 Å². The first-order chi connectivity index (χ1) is 44.2. The molecule has 0 atom stereocenters. The van der Waals surface area contributed by atoms with Crippen LogP contribution < -0.4 is 0 Å². The van der Waals surface area contributed by atoms with Crippen LogP contribution in [-0.4, -0.2) is 9.13 Å². The Hall–Kier alpha value is -7.98. The first-order valence-corrected chi connectivity index (χ1v) is 19.9. The minimum Gasteiger partial charge on any atom is -0.309 e. The van der Waals surface area contributed by atoms with Crippen molar-refractivity contribution < 1.29 is 42.5 Å². The van der Waals surface area contributed by atoms with Crippen molar-refractivity contribution in [2.75, 3.05) is 0 Å². The molecule has 0 aliphatic heterocycles. The number of hydrogen-bond donors (Lipinski definition) is 0. The average Bonchev–Trinajstić information content (AvgIpc) is 1.51. The molecule has 3 heterocycles. The highest BCUT2D eigenvalue weighted by Gasteiger charge is 2.20. The smallest absolute Gasteiger partial charge is 0.0652 e. The van der Waals surface area contributed by atoms with Gasteiger partial charge in [0.25, 0.3) is 0 Å². The van der Waals surface area contributed by atoms with E-state index in [1.807, 2.05) is 0 Å². The van der Waals surface area contributed by atoms with E-state index < -0.39 is 254 Å². The van der Waals surface area contributed by atoms with E-state index in [4.69, 9.17) is 20.6 Å². The third-order valence-corrected chi connectivity index (χ3v) is 11.7. The summed E-state index contributed by atoms with van der Waals surface area (Å²) >= 11 is 0.656. The number of rotatable bonds is 6. The van der Waals surface area contributed by atoms with E-state index >= 15 is 0 Å². The summed E-state index contributed by atoms with van der Waals surface area (Å²) in [7, 11) is 0. The normalized spacial score (nSPS) is 18.7. The minimum atomic E-state index is -0.948. The molecular weight excluding hydrogens is 781 g/mol. The second-order valence-electron chi connectivity index (χ2n) is 14.0. The molecule has 0 aliphatic carbocycles. The van der Waals surface area contributed by atoms with E-state index in [1.165, 1.54) is 4.57 Å². The maximum atomic E-state index is 10.1. The van der Waals surface area contributed by atoms with Gasteiger partial charge in [-0.3, -0.25) is 0 Å². The first-order valence-electron chi connectivity index (χ1n) is 34.6. The van der Waals surface area contributed by atoms with Gasteiger partial charge in [-0.1, -0.05) is 169 Å². The van der Waals surface area contributed by atoms with Crippen molar-refractivity contribution in [3.05, 3.63) is 230 Å². The zero-order valence-corrected chi connectivity index (χ0v) is 32.7. The van der Waals surface area contributed by atoms with Gasteiger partial charge in [-0.15, -0.1) is 11.3 Å². The maximum absolute atomic E-state index is 10.1. The highest BCUT2D eigenvalue weighted by molar-refractivity contribution is 7.26. The fourth-order valence-electron chi connectivity index (χ4n) is 7.82. The summed E-state index contributed by atoms with van der Waals surface area (Å²) in [5.74, 6) is 0. The van der Waals surface area contributed by atoms with Gasteiger partial charge in [0.1, 0.15) is 0 Å². The number of benzene rings is 10. The third-order valence-electron chi connectivity index (χ3n) is 10.6. The number of fused-ring (bicyclic) bond motifs is 9. The van der Waals surface area contributed by atoms with E-state index in [0.717, 1.165) is 16.7 Å². The number of aromatic nitrogens is 2. The lowest BCUT2D eigenvalue weighted by atomic mass is 9.95. The monoisotopic (exact) mass is 849 g/mol. The minimum absolute atomic E-state index is 0.144. The Morgan fingerprint density at radius 3 is 1.79 bits per heavy atom. The number of thiophene rings is 1. The molecule has 0 radical (unpaired) electrons. The fourth-order valence-corrected chi connectivity index (χ4v) is 8.94. The molecule has 63 heavy (non-hydrogen) atoms. The lowest BCUT2D eigenvalue weighted by Gasteiger charge is -2.11. The summed E-state index contributed by atoms with van der Waals surface area (Å²) in [6.45, 7) is 0. The Bertz CT molecular complexity index is 5720. The molecule has 3 heteroatoms. The van der Waals surface area contributed by atoms with Crippen LogP contribution in [0, 0.1) is 0 Å². The van der Waals surface area contributed by atoms with Gasteiger partial charge in [-0.05, 0) is 105 Å². The van der Waals surface area contributed by atoms with Crippen LogP contribution in [0.3, 0.4) is 0 Å². The van der Waals surface area contributed by atoms with Crippen molar-refractivity contribution in [3.8, 4) is 55.9 Å². The van der Waals surface area contributed by atoms with E-state index in [9.17, 15) is 21.9 Å². The van der Waals surface area contributed by atoms with Crippen molar-refractivity contribution in [1.82, 2.24) is 9.13 Å². The second-order valence-corrected chi connectivity index (χ2v) is 15.1. The van der Waals surface area contributed by atoms with Crippen LogP contribution in [-0.2, 0) is 0 Å². The Balaban J connectivity index is 1.12. The highest BCUT2D eigenvalue weighted by atomic mass is 32.1. The lowest BCUT2D eigenvalue weighted by Crippen LogP contribution is -1.94. The van der Waals surface area contributed by atoms with Gasteiger partial charge in [0.2, 0.25) is 0 Å². The van der Waals surface area contributed by atoms with Crippen LogP contribution in [0.25, 0.3) is 120 Å². The van der Waals surface area contributed by atoms with Crippen molar-refractivity contribution in [1.29, 1.82) is 0 Å². The predicted molar refractivity (Wildman–Crippen MR) is 270 cm³/mol. The van der Waals surface area contributed by atoms with E-state index in [-0.39, 0.29) is 53.4 Å². The Labute approximate surface area is 412 Å². The number of nitrogens with zero attached hydrogens (tertiary/aromatic N) is 2. The van der Waals surface area contributed by atoms with Crippen LogP contribution >= 0.6 is 11.3 Å². The molecule has 2 nitrogen and oxygen atoms in total. The number of para-hydroxylation sites is 3. The van der Waals surface area contributed by atoms with Crippen molar-refractivity contribution in [2.45, 2.75) is 0 Å². The van der Waals surface area contributed by atoms with Gasteiger partial charge in [0, 0.05) is 42.7 Å². The summed E-state index contributed by atoms with van der Waals surface area (Å²) in [6.07, 6.45) is 0. The topological polar surface area (TPSA) is 9.86 Å². The molecule has 0 unspecified atom stereocenters. The summed E-state index contributed by atoms with van der Waals surface area (Å²) in [4.78, 5) is 0. The predicted octanol–water partition coefficient (Wildman–Crippen LogP) is 16.9. The standard InChI is InChI=1S/C60H38N2S/c1-3-14-39(15-4-1)42-16-11-17-43(36-42)40-28-30-41(31-29-40)47-22-13-27-58-59(47)51-23-12-26-56(60(51)63-58)62-54-25-10-8-21-49(54)52-37-44(33-35-55(52)62)45-32-34-50-48-20-7-9-24-53(48)61(57(50)38-45)46-18-5-2-6-19-46/h1-38H/i1D,3D,4D,7D,8D,9D,10D,11D,12D,13D,14D,15D,16D,17D,20D,21D,22D,23D,24D,25D,27D,28D,29D,30D,32D,33D,34D,35D,36D,37D,38D. The van der Waals surface area contributed by atoms with Crippen LogP contribution in [0.15, 0.2) is 230 Å². The SMILES string of the molecule is [2H]c1cc(-c2c([2H])c([2H])c([2H])c3sc4c(-n5c6c([2H])c([2H])c([2H])c([2H])c6c6c([2H])c(-c7c([2H])c([2H])c8c9c([2H])c([2H])c([2H])c([2H])c9n(-c9ccccc9)c8c7[2H])c([2H])c([2H])c65)cc([2H])c([2H])c4c23)c([2H])c([2H])c1-c1c([2H])c([2H])c([2H])c(-c2c([2H])c([2H])c([2H])c([2H])c2[2H])c1[2H]. The zero-order chi connectivity index (χ0) is 68.4. The Morgan fingerprint density at radius 1 is 0.349 bits per heavy atom. The quantitative estimate of drug-likeness (QED) is 0.158. The van der Waals surface area contributed by atoms with Gasteiger partial charge in [-0.25, -0.2) is 0 Å². The molecule has 3 aromatic heterocycles. The maximum Gasteiger partial charge on any atom is 0.0652 e. The zero-order valence-electron chi connectivity index (χ0n) is 62.8. The summed E-state index contributed by atoms with van der Waals surface area (Å²) in [6, 6.07) is -14.6. The van der Waals surface area contributed by atoms with Crippen LogP contribution in [0.5, 0.6) is 0 Å². The summed E-state index contributed by atoms with van der Waals surface area (Å²) < 4.78 is 286. The van der Waals surface area contributed by atoms with Crippen molar-refractivity contribution in [2.24, 2.45) is 0 Å². The van der Waals surface area contributed by atoms with Gasteiger partial charge in [-0.2, -0.15) is 0 Å². The first kappa shape index (κ1) is 16.7. The van der Waals surface area contributed by atoms with E-state index in [0.29, 0.717) is 11.3 Å². The molecule has 13 aromatic rings. The molecule has 0 saturated heterocycles. The molecule has 0 saturated carbocycles. The van der Waals surface area contributed by atoms with Crippen LogP contribution in [0.4, 0.5) is 0 Å². The largest absolute Gasteiger partial charge is 0.309 e. The average molecular weight is 850 g/mol. The van der Waals surface area contributed by atoms with Gasteiger partial charge in [0.15, 0.2) is 0 Å². The van der Waals surface area contributed by atoms with E-state index in [1.54, 1.807) is 30.3 Å². The van der Waals surface area contributed by atoms with Crippen molar-refractivity contribution in [3.63, 3.8) is 0 Å². The molecule has 13 rings (SSSR count). The number of hydrogen-bond acceptors (Lipinski definition) is 1. The molecule has 0 spiro atoms. The lowest BCUT2D eigenvalue weighted by molar-refractivity contribution is 1.18. The van der Waals surface area contributed by atoms with Gasteiger partial charge < -0.3 is 9.13 Å². The summed E-state index contributed by atoms with van der Waals surface area (Å²) in [5, 5.41) is -1.99. The molecule has 0 amide bonds.